The van der Waals surface area contributed by atoms with Crippen LogP contribution in [0.1, 0.15) is 43.2 Å². The molecule has 2 aromatic carbocycles. The molecule has 1 aliphatic carbocycles. The average molecular weight is 447 g/mol. The Morgan fingerprint density at radius 3 is 2.62 bits per heavy atom. The van der Waals surface area contributed by atoms with Gasteiger partial charge in [-0.3, -0.25) is 4.79 Å². The van der Waals surface area contributed by atoms with Gasteiger partial charge >= 0.3 is 0 Å². The molecule has 3 aromatic rings. The van der Waals surface area contributed by atoms with Crippen molar-refractivity contribution < 1.29 is 9.53 Å². The molecular formula is C25H26N4O2S. The number of hydrogen-bond donors (Lipinski definition) is 1. The minimum atomic E-state index is -0.138. The van der Waals surface area contributed by atoms with E-state index in [1.807, 2.05) is 22.9 Å². The Labute approximate surface area is 191 Å². The molecule has 0 unspecified atom stereocenters. The normalized spacial score (nSPS) is 16.4. The highest BCUT2D eigenvalue weighted by atomic mass is 32.1. The molecule has 1 saturated carbocycles. The quantitative estimate of drug-likeness (QED) is 0.572. The van der Waals surface area contributed by atoms with E-state index < -0.39 is 0 Å². The Bertz CT molecular complexity index is 1260. The first-order valence-electron chi connectivity index (χ1n) is 11.0. The summed E-state index contributed by atoms with van der Waals surface area (Å²) >= 11 is 1.58. The van der Waals surface area contributed by atoms with Gasteiger partial charge in [-0.25, -0.2) is 9.67 Å². The summed E-state index contributed by atoms with van der Waals surface area (Å²) in [6, 6.07) is 12.1. The van der Waals surface area contributed by atoms with Crippen molar-refractivity contribution in [3.8, 4) is 17.0 Å². The number of nitrogens with one attached hydrogen (secondary N) is 1. The highest BCUT2D eigenvalue weighted by Gasteiger charge is 2.18. The van der Waals surface area contributed by atoms with Gasteiger partial charge < -0.3 is 10.1 Å². The van der Waals surface area contributed by atoms with E-state index in [0.29, 0.717) is 11.4 Å². The van der Waals surface area contributed by atoms with Crippen LogP contribution in [0.3, 0.4) is 0 Å². The number of carbonyl (C=O) groups excluding carboxylic acids is 1. The van der Waals surface area contributed by atoms with E-state index in [1.165, 1.54) is 25.0 Å². The molecule has 1 N–H and O–H groups in total. The van der Waals surface area contributed by atoms with Gasteiger partial charge in [0.1, 0.15) is 5.75 Å². The summed E-state index contributed by atoms with van der Waals surface area (Å²) < 4.78 is 7.50. The zero-order valence-electron chi connectivity index (χ0n) is 18.4. The Kier molecular flexibility index (Phi) is 5.66. The number of carbonyl (C=O) groups is 1. The number of aromatic nitrogens is 1. The van der Waals surface area contributed by atoms with Gasteiger partial charge in [0.15, 0.2) is 6.61 Å². The standard InChI is InChI=1S/C25H26N4O2S/c1-16-7-6-8-17(2)24(16)27-25-29(28-19-9-4-3-5-10-19)21(15-32-25)18-11-12-22-20(13-18)26-23(30)14-31-22/h6-8,11-13,15H,3-5,9-10,14H2,1-2H3,(H,26,30). The molecule has 1 amide bonds. The lowest BCUT2D eigenvalue weighted by Crippen LogP contribution is -2.25. The maximum Gasteiger partial charge on any atom is 0.262 e. The Balaban J connectivity index is 1.66. The van der Waals surface area contributed by atoms with E-state index in [0.717, 1.165) is 45.7 Å². The summed E-state index contributed by atoms with van der Waals surface area (Å²) in [4.78, 5) is 17.7. The van der Waals surface area contributed by atoms with Crippen LogP contribution < -0.4 is 14.9 Å². The van der Waals surface area contributed by atoms with Crippen LogP contribution in [0.25, 0.3) is 11.3 Å². The number of aryl methyl sites for hydroxylation is 2. The summed E-state index contributed by atoms with van der Waals surface area (Å²) in [5, 5.41) is 10.1. The third kappa shape index (κ3) is 4.12. The first-order chi connectivity index (χ1) is 15.6. The summed E-state index contributed by atoms with van der Waals surface area (Å²) in [5.41, 5.74) is 7.11. The van der Waals surface area contributed by atoms with Crippen molar-refractivity contribution in [3.63, 3.8) is 0 Å². The van der Waals surface area contributed by atoms with E-state index in [2.05, 4.69) is 42.7 Å². The van der Waals surface area contributed by atoms with Gasteiger partial charge in [-0.15, -0.1) is 11.3 Å². The second-order valence-electron chi connectivity index (χ2n) is 8.34. The largest absolute Gasteiger partial charge is 0.482 e. The molecule has 7 heteroatoms. The number of amides is 1. The third-order valence-corrected chi connectivity index (χ3v) is 6.73. The van der Waals surface area contributed by atoms with E-state index in [9.17, 15) is 4.79 Å². The van der Waals surface area contributed by atoms with Crippen molar-refractivity contribution in [2.24, 2.45) is 10.1 Å². The summed E-state index contributed by atoms with van der Waals surface area (Å²) in [5.74, 6) is 0.551. The number of rotatable bonds is 3. The Hall–Kier alpha value is -3.19. The summed E-state index contributed by atoms with van der Waals surface area (Å²) in [6.07, 6.45) is 5.69. The van der Waals surface area contributed by atoms with Crippen LogP contribution in [-0.2, 0) is 4.79 Å². The molecule has 1 fully saturated rings. The lowest BCUT2D eigenvalue weighted by molar-refractivity contribution is -0.118. The number of benzene rings is 2. The minimum absolute atomic E-state index is 0.0528. The van der Waals surface area contributed by atoms with Gasteiger partial charge in [0.25, 0.3) is 5.91 Å². The summed E-state index contributed by atoms with van der Waals surface area (Å²) in [6.45, 7) is 4.23. The fourth-order valence-corrected chi connectivity index (χ4v) is 5.03. The number of anilines is 1. The lowest BCUT2D eigenvalue weighted by atomic mass is 9.99. The first kappa shape index (κ1) is 20.7. The van der Waals surface area contributed by atoms with Crippen LogP contribution >= 0.6 is 11.3 Å². The number of hydrogen-bond acceptors (Lipinski definition) is 5. The molecule has 0 saturated heterocycles. The monoisotopic (exact) mass is 446 g/mol. The predicted molar refractivity (Wildman–Crippen MR) is 129 cm³/mol. The molecule has 32 heavy (non-hydrogen) atoms. The van der Waals surface area contributed by atoms with Crippen LogP contribution in [0.5, 0.6) is 5.75 Å². The van der Waals surface area contributed by atoms with E-state index in [1.54, 1.807) is 11.3 Å². The number of nitrogens with zero attached hydrogens (tertiary/aromatic N) is 3. The maximum absolute atomic E-state index is 11.8. The first-order valence-corrected chi connectivity index (χ1v) is 11.9. The fourth-order valence-electron chi connectivity index (χ4n) is 4.19. The summed E-state index contributed by atoms with van der Waals surface area (Å²) in [7, 11) is 0. The van der Waals surface area contributed by atoms with Gasteiger partial charge in [-0.1, -0.05) is 24.6 Å². The van der Waals surface area contributed by atoms with Crippen molar-refractivity contribution in [2.45, 2.75) is 46.0 Å². The van der Waals surface area contributed by atoms with Gasteiger partial charge in [0.2, 0.25) is 4.80 Å². The second-order valence-corrected chi connectivity index (χ2v) is 9.18. The van der Waals surface area contributed by atoms with Crippen molar-refractivity contribution in [3.05, 3.63) is 57.7 Å². The van der Waals surface area contributed by atoms with Crippen molar-refractivity contribution >= 4 is 34.3 Å². The van der Waals surface area contributed by atoms with Gasteiger partial charge in [-0.05, 0) is 68.9 Å². The Morgan fingerprint density at radius 1 is 1.06 bits per heavy atom. The topological polar surface area (TPSA) is 68.0 Å². The van der Waals surface area contributed by atoms with Crippen LogP contribution in [0.2, 0.25) is 0 Å². The highest BCUT2D eigenvalue weighted by Crippen LogP contribution is 2.33. The van der Waals surface area contributed by atoms with E-state index in [4.69, 9.17) is 14.8 Å². The van der Waals surface area contributed by atoms with Crippen molar-refractivity contribution in [1.29, 1.82) is 0 Å². The zero-order chi connectivity index (χ0) is 22.1. The molecule has 0 atom stereocenters. The maximum atomic E-state index is 11.8. The van der Waals surface area contributed by atoms with E-state index >= 15 is 0 Å². The molecule has 0 spiro atoms. The zero-order valence-corrected chi connectivity index (χ0v) is 19.2. The number of para-hydroxylation sites is 1. The van der Waals surface area contributed by atoms with Crippen LogP contribution in [-0.4, -0.2) is 22.9 Å². The molecule has 1 aromatic heterocycles. The molecule has 0 radical (unpaired) electrons. The van der Waals surface area contributed by atoms with Crippen LogP contribution in [0, 0.1) is 13.8 Å². The molecular weight excluding hydrogens is 420 g/mol. The molecule has 1 aliphatic heterocycles. The molecule has 5 rings (SSSR count). The van der Waals surface area contributed by atoms with E-state index in [-0.39, 0.29) is 12.5 Å². The molecule has 6 nitrogen and oxygen atoms in total. The lowest BCUT2D eigenvalue weighted by Gasteiger charge is -2.18. The fraction of sp³-hybridized carbons (Fsp3) is 0.320. The molecule has 2 heterocycles. The SMILES string of the molecule is Cc1cccc(C)c1N=c1scc(-c2ccc3c(c2)NC(=O)CO3)n1N=C1CCCCC1. The number of fused-ring (bicyclic) bond motifs is 1. The highest BCUT2D eigenvalue weighted by molar-refractivity contribution is 7.07. The smallest absolute Gasteiger partial charge is 0.262 e. The minimum Gasteiger partial charge on any atom is -0.482 e. The molecule has 0 bridgehead atoms. The van der Waals surface area contributed by atoms with Gasteiger partial charge in [-0.2, -0.15) is 5.10 Å². The number of thiazole rings is 1. The van der Waals surface area contributed by atoms with Crippen LogP contribution in [0.4, 0.5) is 11.4 Å². The van der Waals surface area contributed by atoms with Gasteiger partial charge in [0, 0.05) is 16.7 Å². The second kappa shape index (κ2) is 8.74. The predicted octanol–water partition coefficient (Wildman–Crippen LogP) is 5.56. The molecule has 2 aliphatic rings. The average Bonchev–Trinajstić information content (AvgIpc) is 3.18. The van der Waals surface area contributed by atoms with Gasteiger partial charge in [0.05, 0.1) is 17.1 Å². The van der Waals surface area contributed by atoms with Crippen molar-refractivity contribution in [1.82, 2.24) is 4.68 Å². The third-order valence-electron chi connectivity index (χ3n) is 5.91. The van der Waals surface area contributed by atoms with Crippen molar-refractivity contribution in [2.75, 3.05) is 11.9 Å². The van der Waals surface area contributed by atoms with Crippen LogP contribution in [0.15, 0.2) is 51.9 Å². The molecule has 164 valence electrons. The number of ether oxygens (including phenoxy) is 1. The Morgan fingerprint density at radius 2 is 1.84 bits per heavy atom.